The van der Waals surface area contributed by atoms with Gasteiger partial charge in [0, 0.05) is 18.7 Å². The topological polar surface area (TPSA) is 97.8 Å². The molecule has 2 heterocycles. The maximum Gasteiger partial charge on any atom is 0.330 e. The van der Waals surface area contributed by atoms with E-state index in [0.717, 1.165) is 17.7 Å². The number of nitrogens with zero attached hydrogens (tertiary/aromatic N) is 1. The van der Waals surface area contributed by atoms with Crippen molar-refractivity contribution in [3.63, 3.8) is 0 Å². The molecule has 7 nitrogen and oxygen atoms in total. The number of fused-ring (bicyclic) bond motifs is 1. The van der Waals surface area contributed by atoms with E-state index in [1.165, 1.54) is 6.20 Å². The van der Waals surface area contributed by atoms with Crippen LogP contribution in [0.4, 0.5) is 0 Å². The first-order valence-electron chi connectivity index (χ1n) is 7.96. The lowest BCUT2D eigenvalue weighted by molar-refractivity contribution is -0.139. The van der Waals surface area contributed by atoms with Gasteiger partial charge in [-0.3, -0.25) is 4.79 Å². The van der Waals surface area contributed by atoms with E-state index in [2.05, 4.69) is 10.3 Å². The Hall–Kier alpha value is -3.09. The average molecular weight is 342 g/mol. The quantitative estimate of drug-likeness (QED) is 0.833. The molecule has 0 aliphatic carbocycles. The molecule has 0 saturated heterocycles. The number of aromatic nitrogens is 1. The van der Waals surface area contributed by atoms with E-state index < -0.39 is 17.9 Å². The summed E-state index contributed by atoms with van der Waals surface area (Å²) in [4.78, 5) is 28.0. The van der Waals surface area contributed by atoms with Crippen molar-refractivity contribution < 1.29 is 24.2 Å². The lowest BCUT2D eigenvalue weighted by Gasteiger charge is -2.16. The van der Waals surface area contributed by atoms with Crippen LogP contribution in [0, 0.1) is 0 Å². The number of ether oxygens (including phenoxy) is 2. The van der Waals surface area contributed by atoms with Gasteiger partial charge < -0.3 is 19.9 Å². The molecule has 1 aliphatic heterocycles. The van der Waals surface area contributed by atoms with Crippen molar-refractivity contribution in [2.75, 3.05) is 13.2 Å². The fraction of sp³-hybridized carbons (Fsp3) is 0.278. The molecule has 0 spiro atoms. The fourth-order valence-corrected chi connectivity index (χ4v) is 2.64. The second-order valence-electron chi connectivity index (χ2n) is 5.53. The molecule has 1 aromatic carbocycles. The van der Waals surface area contributed by atoms with Crippen LogP contribution in [-0.4, -0.2) is 35.2 Å². The molecular weight excluding hydrogens is 324 g/mol. The Morgan fingerprint density at radius 2 is 2.20 bits per heavy atom. The van der Waals surface area contributed by atoms with Crippen molar-refractivity contribution in [1.29, 1.82) is 0 Å². The summed E-state index contributed by atoms with van der Waals surface area (Å²) >= 11 is 0. The van der Waals surface area contributed by atoms with Gasteiger partial charge in [-0.2, -0.15) is 0 Å². The predicted molar refractivity (Wildman–Crippen MR) is 88.9 cm³/mol. The Morgan fingerprint density at radius 3 is 2.88 bits per heavy atom. The fourth-order valence-electron chi connectivity index (χ4n) is 2.64. The van der Waals surface area contributed by atoms with Gasteiger partial charge in [0.05, 0.1) is 18.8 Å². The first-order chi connectivity index (χ1) is 12.1. The SMILES string of the molecule is CCOc1ccc(C(=O)NC(C(=O)O)c2ccc3c(c2)CCO3)cn1. The molecule has 0 fully saturated rings. The van der Waals surface area contributed by atoms with Gasteiger partial charge in [0.2, 0.25) is 5.88 Å². The third kappa shape index (κ3) is 3.71. The molecule has 1 amide bonds. The van der Waals surface area contributed by atoms with Crippen LogP contribution in [-0.2, 0) is 11.2 Å². The summed E-state index contributed by atoms with van der Waals surface area (Å²) in [5, 5.41) is 12.0. The highest BCUT2D eigenvalue weighted by molar-refractivity contribution is 5.96. The van der Waals surface area contributed by atoms with Crippen LogP contribution in [0.15, 0.2) is 36.5 Å². The highest BCUT2D eigenvalue weighted by Crippen LogP contribution is 2.28. The first kappa shape index (κ1) is 16.8. The lowest BCUT2D eigenvalue weighted by atomic mass is 10.0. The van der Waals surface area contributed by atoms with E-state index in [1.807, 2.05) is 6.92 Å². The molecule has 0 radical (unpaired) electrons. The van der Waals surface area contributed by atoms with Crippen molar-refractivity contribution in [1.82, 2.24) is 10.3 Å². The standard InChI is InChI=1S/C18H18N2O5/c1-2-24-15-6-4-13(10-19-15)17(21)20-16(18(22)23)12-3-5-14-11(9-12)7-8-25-14/h3-6,9-10,16H,2,7-8H2,1H3,(H,20,21)(H,22,23). The van der Waals surface area contributed by atoms with Gasteiger partial charge in [0.25, 0.3) is 5.91 Å². The molecule has 130 valence electrons. The van der Waals surface area contributed by atoms with Crippen LogP contribution in [0.2, 0.25) is 0 Å². The molecule has 1 aliphatic rings. The van der Waals surface area contributed by atoms with Crippen molar-refractivity contribution in [3.05, 3.63) is 53.2 Å². The summed E-state index contributed by atoms with van der Waals surface area (Å²) in [6, 6.07) is 7.12. The van der Waals surface area contributed by atoms with Gasteiger partial charge in [0.1, 0.15) is 5.75 Å². The average Bonchev–Trinajstić information content (AvgIpc) is 3.07. The van der Waals surface area contributed by atoms with Crippen molar-refractivity contribution >= 4 is 11.9 Å². The Balaban J connectivity index is 1.77. The van der Waals surface area contributed by atoms with Crippen molar-refractivity contribution in [2.45, 2.75) is 19.4 Å². The maximum absolute atomic E-state index is 12.4. The van der Waals surface area contributed by atoms with Gasteiger partial charge in [0.15, 0.2) is 6.04 Å². The van der Waals surface area contributed by atoms with Crippen LogP contribution in [0.5, 0.6) is 11.6 Å². The maximum atomic E-state index is 12.4. The van der Waals surface area contributed by atoms with E-state index in [1.54, 1.807) is 30.3 Å². The molecule has 25 heavy (non-hydrogen) atoms. The molecule has 1 unspecified atom stereocenters. The molecular formula is C18H18N2O5. The first-order valence-corrected chi connectivity index (χ1v) is 7.96. The monoisotopic (exact) mass is 342 g/mol. The number of carbonyl (C=O) groups excluding carboxylic acids is 1. The minimum absolute atomic E-state index is 0.263. The van der Waals surface area contributed by atoms with Gasteiger partial charge >= 0.3 is 5.97 Å². The molecule has 1 aromatic heterocycles. The van der Waals surface area contributed by atoms with E-state index in [9.17, 15) is 14.7 Å². The number of hydrogen-bond donors (Lipinski definition) is 2. The van der Waals surface area contributed by atoms with Crippen LogP contribution in [0.25, 0.3) is 0 Å². The number of pyridine rings is 1. The van der Waals surface area contributed by atoms with Crippen LogP contribution in [0.3, 0.4) is 0 Å². The number of carboxylic acids is 1. The summed E-state index contributed by atoms with van der Waals surface area (Å²) in [6.45, 7) is 2.89. The van der Waals surface area contributed by atoms with Gasteiger partial charge in [-0.25, -0.2) is 9.78 Å². The summed E-state index contributed by atoms with van der Waals surface area (Å²) in [7, 11) is 0. The number of hydrogen-bond acceptors (Lipinski definition) is 5. The van der Waals surface area contributed by atoms with Crippen LogP contribution in [0.1, 0.15) is 34.5 Å². The van der Waals surface area contributed by atoms with E-state index in [4.69, 9.17) is 9.47 Å². The predicted octanol–water partition coefficient (Wildman–Crippen LogP) is 1.97. The molecule has 1 atom stereocenters. The van der Waals surface area contributed by atoms with Crippen molar-refractivity contribution in [2.24, 2.45) is 0 Å². The third-order valence-corrected chi connectivity index (χ3v) is 3.86. The van der Waals surface area contributed by atoms with Crippen molar-refractivity contribution in [3.8, 4) is 11.6 Å². The Morgan fingerprint density at radius 1 is 1.36 bits per heavy atom. The number of carbonyl (C=O) groups is 2. The number of amides is 1. The second-order valence-corrected chi connectivity index (χ2v) is 5.53. The van der Waals surface area contributed by atoms with Crippen LogP contribution >= 0.6 is 0 Å². The summed E-state index contributed by atoms with van der Waals surface area (Å²) < 4.78 is 10.6. The molecule has 0 saturated carbocycles. The third-order valence-electron chi connectivity index (χ3n) is 3.86. The zero-order valence-electron chi connectivity index (χ0n) is 13.7. The summed E-state index contributed by atoms with van der Waals surface area (Å²) in [6.07, 6.45) is 2.09. The van der Waals surface area contributed by atoms with Crippen LogP contribution < -0.4 is 14.8 Å². The Bertz CT molecular complexity index is 789. The smallest absolute Gasteiger partial charge is 0.330 e. The normalized spacial score (nSPS) is 13.5. The number of aliphatic carboxylic acids is 1. The number of benzene rings is 1. The highest BCUT2D eigenvalue weighted by atomic mass is 16.5. The van der Waals surface area contributed by atoms with Gasteiger partial charge in [-0.15, -0.1) is 0 Å². The molecule has 2 N–H and O–H groups in total. The van der Waals surface area contributed by atoms with Gasteiger partial charge in [-0.1, -0.05) is 6.07 Å². The Labute approximate surface area is 144 Å². The van der Waals surface area contributed by atoms with E-state index in [-0.39, 0.29) is 5.56 Å². The summed E-state index contributed by atoms with van der Waals surface area (Å²) in [5.41, 5.74) is 1.71. The minimum Gasteiger partial charge on any atom is -0.493 e. The number of carboxylic acid groups (broad SMARTS) is 1. The molecule has 2 aromatic rings. The van der Waals surface area contributed by atoms with E-state index in [0.29, 0.717) is 24.7 Å². The molecule has 7 heteroatoms. The Kier molecular flexibility index (Phi) is 4.83. The molecule has 3 rings (SSSR count). The number of nitrogens with one attached hydrogen (secondary N) is 1. The van der Waals surface area contributed by atoms with Gasteiger partial charge in [-0.05, 0) is 36.2 Å². The number of rotatable bonds is 6. The minimum atomic E-state index is -1.15. The molecule has 0 bridgehead atoms. The zero-order chi connectivity index (χ0) is 17.8. The lowest BCUT2D eigenvalue weighted by Crippen LogP contribution is -2.33. The highest BCUT2D eigenvalue weighted by Gasteiger charge is 2.25. The van der Waals surface area contributed by atoms with E-state index >= 15 is 0 Å². The zero-order valence-corrected chi connectivity index (χ0v) is 13.7. The largest absolute Gasteiger partial charge is 0.493 e. The second kappa shape index (κ2) is 7.21. The summed E-state index contributed by atoms with van der Waals surface area (Å²) in [5.74, 6) is -0.479.